The summed E-state index contributed by atoms with van der Waals surface area (Å²) in [7, 11) is 0. The Balaban J connectivity index is -0.00000190. The van der Waals surface area contributed by atoms with Crippen molar-refractivity contribution in [1.29, 1.82) is 0 Å². The van der Waals surface area contributed by atoms with Crippen molar-refractivity contribution in [2.24, 2.45) is 11.8 Å². The van der Waals surface area contributed by atoms with Gasteiger partial charge in [-0.2, -0.15) is 0 Å². The molecule has 0 bridgehead atoms. The number of carbonyl (C=O) groups is 6. The number of nitrogens with zero attached hydrogens (tertiary/aromatic N) is 4. The molecule has 17 heteroatoms. The summed E-state index contributed by atoms with van der Waals surface area (Å²) >= 11 is 0. The topological polar surface area (TPSA) is 180 Å². The third-order valence-electron chi connectivity index (χ3n) is 21.8. The number of rotatable bonds is 81. The summed E-state index contributed by atoms with van der Waals surface area (Å²) in [5, 5.41) is 0. The van der Waals surface area contributed by atoms with Gasteiger partial charge in [0, 0.05) is 71.5 Å². The van der Waals surface area contributed by atoms with Gasteiger partial charge in [0.1, 0.15) is 37.8 Å². The average molecular weight is 1580 g/mol. The van der Waals surface area contributed by atoms with E-state index in [4.69, 9.17) is 33.2 Å². The van der Waals surface area contributed by atoms with Gasteiger partial charge in [-0.25, -0.2) is 9.59 Å². The fourth-order valence-electron chi connectivity index (χ4n) is 14.1. The molecule has 660 valence electrons. The summed E-state index contributed by atoms with van der Waals surface area (Å²) in [5.41, 5.74) is 0. The molecule has 0 heterocycles. The zero-order valence-corrected chi connectivity index (χ0v) is 75.9. The maximum Gasteiger partial charge on any atom is 0.508 e. The zero-order valence-electron chi connectivity index (χ0n) is 75.9. The van der Waals surface area contributed by atoms with Gasteiger partial charge in [-0.15, -0.1) is 0 Å². The van der Waals surface area contributed by atoms with Gasteiger partial charge in [0.2, 0.25) is 0 Å². The van der Waals surface area contributed by atoms with Gasteiger partial charge in [-0.3, -0.25) is 24.2 Å². The average Bonchev–Trinajstić information content (AvgIpc) is 0.976. The molecule has 0 amide bonds. The van der Waals surface area contributed by atoms with Gasteiger partial charge >= 0.3 is 30.2 Å². The summed E-state index contributed by atoms with van der Waals surface area (Å²) in [6.07, 6.45) is 56.5. The first-order valence-electron chi connectivity index (χ1n) is 47.6. The van der Waals surface area contributed by atoms with E-state index < -0.39 is 12.3 Å². The normalized spacial score (nSPS) is 12.5. The molecule has 0 saturated heterocycles. The number of carbonyl (C=O) groups excluding carboxylic acids is 6. The molecule has 0 radical (unpaired) electrons. The van der Waals surface area contributed by atoms with E-state index in [2.05, 4.69) is 110 Å². The SMILES string of the molecule is CCCCCCC(=O)OCCN(CCOC(=O)OC(CCCCCC)CCCCCCCCC(=O)OCC(CCCC)CCCCCC)CCN(CC)CC.CCCCCCC(C)=O.CCCCCCC(CCCC)COC(=O)CCCCCCCCC(CCCCCC)OC(=O)OCCN(CCC)CCN(CC)CC. The predicted octanol–water partition coefficient (Wildman–Crippen LogP) is 25.6. The molecule has 0 aromatic rings. The lowest BCUT2D eigenvalue weighted by atomic mass is 9.96. The highest BCUT2D eigenvalue weighted by atomic mass is 16.7. The quantitative estimate of drug-likeness (QED) is 0.0318. The second kappa shape index (κ2) is 88.8. The molecule has 0 spiro atoms. The largest absolute Gasteiger partial charge is 0.508 e. The monoisotopic (exact) mass is 1580 g/mol. The van der Waals surface area contributed by atoms with Gasteiger partial charge in [0.05, 0.1) is 13.2 Å². The molecule has 0 saturated carbocycles. The van der Waals surface area contributed by atoms with Crippen LogP contribution in [0, 0.1) is 11.8 Å². The smallest absolute Gasteiger partial charge is 0.465 e. The van der Waals surface area contributed by atoms with Gasteiger partial charge in [0.25, 0.3) is 0 Å². The lowest BCUT2D eigenvalue weighted by Gasteiger charge is -2.26. The molecule has 0 rings (SSSR count). The van der Waals surface area contributed by atoms with E-state index in [-0.39, 0.29) is 36.7 Å². The number of Topliss-reactive ketones (excluding diaryl/α,β-unsaturated/α-hetero) is 1. The van der Waals surface area contributed by atoms with E-state index in [1.807, 2.05) is 0 Å². The van der Waals surface area contributed by atoms with Crippen molar-refractivity contribution in [3.8, 4) is 0 Å². The number of esters is 3. The molecular weight excluding hydrogens is 1390 g/mol. The Morgan fingerprint density at radius 1 is 0.234 bits per heavy atom. The summed E-state index contributed by atoms with van der Waals surface area (Å²) in [5.74, 6) is 1.18. The first kappa shape index (κ1) is 112. The highest BCUT2D eigenvalue weighted by Crippen LogP contribution is 2.23. The molecule has 4 unspecified atom stereocenters. The Morgan fingerprint density at radius 3 is 0.802 bits per heavy atom. The van der Waals surface area contributed by atoms with Gasteiger partial charge < -0.3 is 47.8 Å². The van der Waals surface area contributed by atoms with Crippen molar-refractivity contribution in [1.82, 2.24) is 19.6 Å². The van der Waals surface area contributed by atoms with Crippen LogP contribution in [0.4, 0.5) is 9.59 Å². The fraction of sp³-hybridized carbons (Fsp3) is 0.936. The Morgan fingerprint density at radius 2 is 0.486 bits per heavy atom. The summed E-state index contributed by atoms with van der Waals surface area (Å²) in [4.78, 5) is 82.2. The van der Waals surface area contributed by atoms with Crippen LogP contribution in [0.1, 0.15) is 437 Å². The molecule has 0 aliphatic heterocycles. The molecule has 4 atom stereocenters. The number of hydrogen-bond donors (Lipinski definition) is 0. The highest BCUT2D eigenvalue weighted by Gasteiger charge is 2.21. The molecule has 0 aromatic heterocycles. The summed E-state index contributed by atoms with van der Waals surface area (Å²) in [6, 6.07) is 0. The minimum Gasteiger partial charge on any atom is -0.465 e. The number of unbranched alkanes of at least 4 members (excludes halogenated alkanes) is 30. The van der Waals surface area contributed by atoms with Crippen molar-refractivity contribution in [2.75, 3.05) is 112 Å². The standard InChI is InChI=1S/C46H90N2O7.C40H80N2O5.C8H16O/c1-7-13-17-24-30-42(29-16-10-4)41-54-45(50)34-28-23-21-20-22-26-32-43(31-25-18-14-8-2)55-46(51)53-40-38-48(36-35-47(11-5)12-6)37-39-52-44(49)33-27-19-15-9-3;1-7-13-16-22-27-37(26-15-9-3)36-46-39(43)30-25-21-19-18-20-24-29-38(28-23-17-14-8-2)47-40(44)45-35-34-42(31-10-4)33-32-41(11-5)12-6;1-3-4-5-6-7-8(2)9/h42-43H,7-41H2,1-6H3;37-38H,7-36H2,1-6H3;3-7H2,1-2H3. The van der Waals surface area contributed by atoms with Crippen LogP contribution in [0.3, 0.4) is 0 Å². The lowest BCUT2D eigenvalue weighted by Crippen LogP contribution is -2.39. The van der Waals surface area contributed by atoms with Crippen molar-refractivity contribution in [3.63, 3.8) is 0 Å². The van der Waals surface area contributed by atoms with Crippen LogP contribution < -0.4 is 0 Å². The Labute approximate surface area is 686 Å². The molecular formula is C94H186N4O13. The van der Waals surface area contributed by atoms with E-state index in [0.29, 0.717) is 76.4 Å². The minimum absolute atomic E-state index is 0.0206. The van der Waals surface area contributed by atoms with E-state index in [1.54, 1.807) is 6.92 Å². The second-order valence-electron chi connectivity index (χ2n) is 32.1. The van der Waals surface area contributed by atoms with E-state index in [0.717, 1.165) is 232 Å². The molecule has 0 aliphatic carbocycles. The van der Waals surface area contributed by atoms with Crippen LogP contribution in [-0.2, 0) is 52.3 Å². The molecule has 0 aliphatic rings. The van der Waals surface area contributed by atoms with Crippen molar-refractivity contribution < 1.29 is 61.9 Å². The third-order valence-corrected chi connectivity index (χ3v) is 21.8. The predicted molar refractivity (Wildman–Crippen MR) is 467 cm³/mol. The number of ketones is 1. The van der Waals surface area contributed by atoms with E-state index >= 15 is 0 Å². The Bertz CT molecular complexity index is 1990. The van der Waals surface area contributed by atoms with Crippen LogP contribution in [0.25, 0.3) is 0 Å². The van der Waals surface area contributed by atoms with Crippen LogP contribution in [-0.4, -0.2) is 179 Å². The second-order valence-corrected chi connectivity index (χ2v) is 32.1. The van der Waals surface area contributed by atoms with Crippen molar-refractivity contribution >= 4 is 36.0 Å². The number of likely N-dealkylation sites (N-methyl/N-ethyl adjacent to an activating group) is 2. The zero-order chi connectivity index (χ0) is 82.5. The lowest BCUT2D eigenvalue weighted by molar-refractivity contribution is -0.146. The summed E-state index contributed by atoms with van der Waals surface area (Å²) in [6.45, 7) is 43.3. The van der Waals surface area contributed by atoms with E-state index in [1.165, 1.54) is 154 Å². The van der Waals surface area contributed by atoms with Gasteiger partial charge in [-0.1, -0.05) is 295 Å². The van der Waals surface area contributed by atoms with Crippen LogP contribution in [0.5, 0.6) is 0 Å². The minimum atomic E-state index is -0.581. The molecule has 0 N–H and O–H groups in total. The van der Waals surface area contributed by atoms with Crippen LogP contribution >= 0.6 is 0 Å². The third kappa shape index (κ3) is 81.4. The van der Waals surface area contributed by atoms with Crippen LogP contribution in [0.15, 0.2) is 0 Å². The van der Waals surface area contributed by atoms with Crippen molar-refractivity contribution in [2.45, 2.75) is 449 Å². The van der Waals surface area contributed by atoms with Crippen LogP contribution in [0.2, 0.25) is 0 Å². The van der Waals surface area contributed by atoms with Gasteiger partial charge in [0.15, 0.2) is 0 Å². The Kier molecular flexibility index (Phi) is 89.3. The Hall–Kier alpha value is -3.54. The van der Waals surface area contributed by atoms with Crippen molar-refractivity contribution in [3.05, 3.63) is 0 Å². The first-order chi connectivity index (χ1) is 54.0. The molecule has 0 fully saturated rings. The highest BCUT2D eigenvalue weighted by molar-refractivity contribution is 5.75. The fourth-order valence-corrected chi connectivity index (χ4v) is 14.1. The molecule has 111 heavy (non-hydrogen) atoms. The van der Waals surface area contributed by atoms with E-state index in [9.17, 15) is 28.8 Å². The summed E-state index contributed by atoms with van der Waals surface area (Å²) < 4.78 is 39.8. The van der Waals surface area contributed by atoms with Gasteiger partial charge in [-0.05, 0) is 161 Å². The maximum absolute atomic E-state index is 12.8. The first-order valence-corrected chi connectivity index (χ1v) is 47.6. The number of hydrogen-bond acceptors (Lipinski definition) is 17. The maximum atomic E-state index is 12.8. The molecule has 0 aromatic carbocycles. The molecule has 17 nitrogen and oxygen atoms in total. The number of ether oxygens (including phenoxy) is 7.